The van der Waals surface area contributed by atoms with Gasteiger partial charge < -0.3 is 10.1 Å². The van der Waals surface area contributed by atoms with Crippen LogP contribution in [0.5, 0.6) is 5.75 Å². The number of benzene rings is 1. The average molecular weight is 279 g/mol. The van der Waals surface area contributed by atoms with Gasteiger partial charge in [0.1, 0.15) is 11.6 Å². The molecule has 0 saturated heterocycles. The molecule has 0 aliphatic heterocycles. The molecule has 1 aromatic rings. The molecule has 0 atom stereocenters. The van der Waals surface area contributed by atoms with Gasteiger partial charge in [0.15, 0.2) is 0 Å². The fourth-order valence-electron chi connectivity index (χ4n) is 3.06. The van der Waals surface area contributed by atoms with Gasteiger partial charge in [-0.25, -0.2) is 4.39 Å². The Balaban J connectivity index is 1.99. The first-order chi connectivity index (χ1) is 9.53. The normalized spacial score (nSPS) is 16.6. The number of rotatable bonds is 6. The van der Waals surface area contributed by atoms with Gasteiger partial charge in [0.2, 0.25) is 0 Å². The van der Waals surface area contributed by atoms with E-state index in [0.717, 1.165) is 24.3 Å². The largest absolute Gasteiger partial charge is 0.496 e. The van der Waals surface area contributed by atoms with Gasteiger partial charge in [-0.3, -0.25) is 0 Å². The Morgan fingerprint density at radius 3 is 2.65 bits per heavy atom. The topological polar surface area (TPSA) is 21.3 Å². The highest BCUT2D eigenvalue weighted by atomic mass is 19.1. The summed E-state index contributed by atoms with van der Waals surface area (Å²) in [7, 11) is 1.64. The molecule has 2 nitrogen and oxygen atoms in total. The monoisotopic (exact) mass is 279 g/mol. The number of methoxy groups -OCH3 is 1. The first kappa shape index (κ1) is 15.3. The molecule has 0 bridgehead atoms. The van der Waals surface area contributed by atoms with Crippen LogP contribution in [-0.2, 0) is 5.41 Å². The van der Waals surface area contributed by atoms with Crippen molar-refractivity contribution in [3.05, 3.63) is 29.6 Å². The Morgan fingerprint density at radius 2 is 2.00 bits per heavy atom. The number of hydrogen-bond donors (Lipinski definition) is 1. The molecule has 0 aromatic heterocycles. The number of nitrogens with one attached hydrogen (secondary N) is 1. The molecule has 0 heterocycles. The third kappa shape index (κ3) is 3.72. The fourth-order valence-corrected chi connectivity index (χ4v) is 3.06. The highest BCUT2D eigenvalue weighted by molar-refractivity contribution is 5.39. The van der Waals surface area contributed by atoms with Crippen molar-refractivity contribution >= 4 is 0 Å². The maximum absolute atomic E-state index is 13.5. The standard InChI is InChI=1S/C17H26FNO/c1-17(2,10-11-19-14-6-4-5-7-14)15-12-13(18)8-9-16(15)20-3/h8-9,12,14,19H,4-7,10-11H2,1-3H3. The minimum Gasteiger partial charge on any atom is -0.496 e. The Kier molecular flexibility index (Phi) is 5.03. The second-order valence-corrected chi connectivity index (χ2v) is 6.41. The minimum absolute atomic E-state index is 0.0982. The number of ether oxygens (including phenoxy) is 1. The molecule has 0 radical (unpaired) electrons. The van der Waals surface area contributed by atoms with Crippen molar-refractivity contribution in [2.24, 2.45) is 0 Å². The van der Waals surface area contributed by atoms with E-state index in [4.69, 9.17) is 4.74 Å². The van der Waals surface area contributed by atoms with Crippen molar-refractivity contribution in [2.75, 3.05) is 13.7 Å². The van der Waals surface area contributed by atoms with Crippen LogP contribution in [0.3, 0.4) is 0 Å². The summed E-state index contributed by atoms with van der Waals surface area (Å²) in [5.41, 5.74) is 0.854. The van der Waals surface area contributed by atoms with Gasteiger partial charge in [0, 0.05) is 11.6 Å². The van der Waals surface area contributed by atoms with Gasteiger partial charge >= 0.3 is 0 Å². The lowest BCUT2D eigenvalue weighted by Gasteiger charge is -2.28. The molecule has 20 heavy (non-hydrogen) atoms. The van der Waals surface area contributed by atoms with E-state index in [2.05, 4.69) is 19.2 Å². The van der Waals surface area contributed by atoms with E-state index in [1.807, 2.05) is 0 Å². The first-order valence-corrected chi connectivity index (χ1v) is 7.60. The van der Waals surface area contributed by atoms with Crippen LogP contribution in [0.2, 0.25) is 0 Å². The zero-order valence-corrected chi connectivity index (χ0v) is 12.8. The molecule has 0 unspecified atom stereocenters. The van der Waals surface area contributed by atoms with Crippen LogP contribution in [0.4, 0.5) is 4.39 Å². The molecular formula is C17H26FNO. The van der Waals surface area contributed by atoms with Crippen LogP contribution < -0.4 is 10.1 Å². The van der Waals surface area contributed by atoms with Crippen molar-refractivity contribution in [1.29, 1.82) is 0 Å². The van der Waals surface area contributed by atoms with Crippen molar-refractivity contribution in [1.82, 2.24) is 5.32 Å². The van der Waals surface area contributed by atoms with E-state index in [-0.39, 0.29) is 11.2 Å². The molecule has 1 saturated carbocycles. The third-order valence-corrected chi connectivity index (χ3v) is 4.43. The second kappa shape index (κ2) is 6.57. The van der Waals surface area contributed by atoms with Crippen molar-refractivity contribution in [3.63, 3.8) is 0 Å². The molecule has 1 aliphatic carbocycles. The summed E-state index contributed by atoms with van der Waals surface area (Å²) >= 11 is 0. The van der Waals surface area contributed by atoms with Crippen molar-refractivity contribution in [2.45, 2.75) is 57.4 Å². The van der Waals surface area contributed by atoms with Crippen LogP contribution >= 0.6 is 0 Å². The van der Waals surface area contributed by atoms with Gasteiger partial charge in [-0.1, -0.05) is 26.7 Å². The summed E-state index contributed by atoms with van der Waals surface area (Å²) in [4.78, 5) is 0. The smallest absolute Gasteiger partial charge is 0.123 e. The molecule has 0 amide bonds. The molecule has 2 rings (SSSR count). The van der Waals surface area contributed by atoms with Crippen LogP contribution in [-0.4, -0.2) is 19.7 Å². The average Bonchev–Trinajstić information content (AvgIpc) is 2.91. The minimum atomic E-state index is -0.197. The molecule has 3 heteroatoms. The van der Waals surface area contributed by atoms with Gasteiger partial charge in [0.05, 0.1) is 7.11 Å². The summed E-state index contributed by atoms with van der Waals surface area (Å²) in [6.45, 7) is 5.28. The van der Waals surface area contributed by atoms with E-state index >= 15 is 0 Å². The highest BCUT2D eigenvalue weighted by Crippen LogP contribution is 2.34. The predicted molar refractivity (Wildman–Crippen MR) is 80.9 cm³/mol. The summed E-state index contributed by atoms with van der Waals surface area (Å²) in [6.07, 6.45) is 6.26. The molecule has 1 N–H and O–H groups in total. The summed E-state index contributed by atoms with van der Waals surface area (Å²) in [5, 5.41) is 3.62. The zero-order valence-electron chi connectivity index (χ0n) is 12.8. The maximum atomic E-state index is 13.5. The quantitative estimate of drug-likeness (QED) is 0.848. The highest BCUT2D eigenvalue weighted by Gasteiger charge is 2.25. The summed E-state index contributed by atoms with van der Waals surface area (Å²) < 4.78 is 18.9. The fraction of sp³-hybridized carbons (Fsp3) is 0.647. The number of halogens is 1. The van der Waals surface area contributed by atoms with E-state index in [1.165, 1.54) is 31.7 Å². The molecule has 1 fully saturated rings. The van der Waals surface area contributed by atoms with E-state index < -0.39 is 0 Å². The Hall–Kier alpha value is -1.09. The third-order valence-electron chi connectivity index (χ3n) is 4.43. The van der Waals surface area contributed by atoms with Crippen LogP contribution in [0.25, 0.3) is 0 Å². The Labute approximate surface area is 121 Å². The maximum Gasteiger partial charge on any atom is 0.123 e. The molecular weight excluding hydrogens is 253 g/mol. The predicted octanol–water partition coefficient (Wildman–Crippen LogP) is 4.03. The van der Waals surface area contributed by atoms with Gasteiger partial charge in [-0.05, 0) is 49.4 Å². The van der Waals surface area contributed by atoms with E-state index in [9.17, 15) is 4.39 Å². The lowest BCUT2D eigenvalue weighted by atomic mass is 9.81. The first-order valence-electron chi connectivity index (χ1n) is 7.60. The summed E-state index contributed by atoms with van der Waals surface area (Å²) in [5.74, 6) is 0.579. The Bertz CT molecular complexity index is 439. The second-order valence-electron chi connectivity index (χ2n) is 6.41. The van der Waals surface area contributed by atoms with E-state index in [1.54, 1.807) is 19.2 Å². The SMILES string of the molecule is COc1ccc(F)cc1C(C)(C)CCNC1CCCC1. The lowest BCUT2D eigenvalue weighted by Crippen LogP contribution is -2.31. The van der Waals surface area contributed by atoms with Crippen LogP contribution in [0.1, 0.15) is 51.5 Å². The van der Waals surface area contributed by atoms with Crippen molar-refractivity contribution in [3.8, 4) is 5.75 Å². The van der Waals surface area contributed by atoms with Gasteiger partial charge in [-0.2, -0.15) is 0 Å². The molecule has 0 spiro atoms. The van der Waals surface area contributed by atoms with E-state index in [0.29, 0.717) is 6.04 Å². The molecule has 112 valence electrons. The van der Waals surface area contributed by atoms with Crippen LogP contribution in [0.15, 0.2) is 18.2 Å². The van der Waals surface area contributed by atoms with Crippen LogP contribution in [0, 0.1) is 5.82 Å². The van der Waals surface area contributed by atoms with Gasteiger partial charge in [-0.15, -0.1) is 0 Å². The summed E-state index contributed by atoms with van der Waals surface area (Å²) in [6, 6.07) is 5.46. The number of hydrogen-bond acceptors (Lipinski definition) is 2. The molecule has 1 aliphatic rings. The molecule has 1 aromatic carbocycles. The van der Waals surface area contributed by atoms with Crippen molar-refractivity contribution < 1.29 is 9.13 Å². The Morgan fingerprint density at radius 1 is 1.30 bits per heavy atom. The lowest BCUT2D eigenvalue weighted by molar-refractivity contribution is 0.375. The van der Waals surface area contributed by atoms with Gasteiger partial charge in [0.25, 0.3) is 0 Å². The zero-order chi connectivity index (χ0) is 14.6.